The monoisotopic (exact) mass is 298 g/mol. The molecule has 0 aliphatic carbocycles. The van der Waals surface area contributed by atoms with Gasteiger partial charge in [0.1, 0.15) is 17.9 Å². The lowest BCUT2D eigenvalue weighted by molar-refractivity contribution is -0.128. The normalized spacial score (nSPS) is 13.5. The molecule has 2 unspecified atom stereocenters. The molecule has 0 bridgehead atoms. The van der Waals surface area contributed by atoms with Crippen LogP contribution in [-0.2, 0) is 16.0 Å². The fourth-order valence-electron chi connectivity index (χ4n) is 1.32. The van der Waals surface area contributed by atoms with Crippen molar-refractivity contribution in [3.63, 3.8) is 0 Å². The van der Waals surface area contributed by atoms with Gasteiger partial charge >= 0.3 is 0 Å². The highest BCUT2D eigenvalue weighted by atomic mass is 16.3. The van der Waals surface area contributed by atoms with E-state index < -0.39 is 42.8 Å². The fourth-order valence-corrected chi connectivity index (χ4v) is 1.32. The van der Waals surface area contributed by atoms with Crippen LogP contribution in [0.2, 0.25) is 0 Å². The molecule has 0 spiro atoms. The molecule has 21 heavy (non-hydrogen) atoms. The van der Waals surface area contributed by atoms with Crippen LogP contribution in [0.1, 0.15) is 16.2 Å². The number of Topliss-reactive ketones (excluding diaryl/α,β-unsaturated/α-hetero) is 3. The van der Waals surface area contributed by atoms with Crippen LogP contribution >= 0.6 is 0 Å². The summed E-state index contributed by atoms with van der Waals surface area (Å²) in [6.45, 7) is -1.60. The number of carbonyl (C=O) groups excluding carboxylic acids is 3. The van der Waals surface area contributed by atoms with E-state index in [-0.39, 0.29) is 17.8 Å². The third kappa shape index (κ3) is 4.46. The van der Waals surface area contributed by atoms with Crippen molar-refractivity contribution < 1.29 is 34.8 Å². The van der Waals surface area contributed by atoms with Crippen molar-refractivity contribution in [2.45, 2.75) is 18.6 Å². The summed E-state index contributed by atoms with van der Waals surface area (Å²) in [5.41, 5.74) is -0.203. The van der Waals surface area contributed by atoms with Gasteiger partial charge in [-0.1, -0.05) is 0 Å². The molecule has 0 amide bonds. The number of nitrogens with zero attached hydrogens (tertiary/aromatic N) is 2. The SMILES string of the molecule is O=C(C(=O)C(O)CO)c1cnc(CC(=O)C(O)CO)cn1. The van der Waals surface area contributed by atoms with Gasteiger partial charge in [0.05, 0.1) is 31.5 Å². The van der Waals surface area contributed by atoms with Crippen LogP contribution in [0, 0.1) is 0 Å². The molecular formula is C12H14N2O7. The maximum atomic E-state index is 11.6. The molecular weight excluding hydrogens is 284 g/mol. The van der Waals surface area contributed by atoms with E-state index in [0.29, 0.717) is 0 Å². The van der Waals surface area contributed by atoms with E-state index in [9.17, 15) is 14.4 Å². The maximum Gasteiger partial charge on any atom is 0.251 e. The predicted octanol–water partition coefficient (Wildman–Crippen LogP) is -2.95. The first-order valence-corrected chi connectivity index (χ1v) is 5.90. The van der Waals surface area contributed by atoms with Crippen LogP contribution in [-0.4, -0.2) is 73.2 Å². The van der Waals surface area contributed by atoms with E-state index >= 15 is 0 Å². The Morgan fingerprint density at radius 3 is 2.10 bits per heavy atom. The Kier molecular flexibility index (Phi) is 6.18. The van der Waals surface area contributed by atoms with E-state index in [2.05, 4.69) is 9.97 Å². The molecule has 0 fully saturated rings. The Morgan fingerprint density at radius 1 is 1.00 bits per heavy atom. The number of carbonyl (C=O) groups is 3. The minimum Gasteiger partial charge on any atom is -0.393 e. The van der Waals surface area contributed by atoms with Gasteiger partial charge in [0, 0.05) is 6.20 Å². The lowest BCUT2D eigenvalue weighted by Gasteiger charge is -2.06. The maximum absolute atomic E-state index is 11.6. The van der Waals surface area contributed by atoms with Gasteiger partial charge in [-0.25, -0.2) is 4.98 Å². The number of aromatic nitrogens is 2. The Balaban J connectivity index is 2.76. The highest BCUT2D eigenvalue weighted by Gasteiger charge is 2.25. The van der Waals surface area contributed by atoms with E-state index in [1.54, 1.807) is 0 Å². The van der Waals surface area contributed by atoms with Gasteiger partial charge in [0.25, 0.3) is 5.78 Å². The van der Waals surface area contributed by atoms with Crippen molar-refractivity contribution in [3.8, 4) is 0 Å². The summed E-state index contributed by atoms with van der Waals surface area (Å²) in [5.74, 6) is -3.00. The zero-order valence-electron chi connectivity index (χ0n) is 10.8. The number of aliphatic hydroxyl groups excluding tert-OH is 4. The number of hydrogen-bond donors (Lipinski definition) is 4. The second kappa shape index (κ2) is 7.64. The van der Waals surface area contributed by atoms with Crippen LogP contribution in [0.5, 0.6) is 0 Å². The summed E-state index contributed by atoms with van der Waals surface area (Å²) < 4.78 is 0. The van der Waals surface area contributed by atoms with Gasteiger partial charge in [-0.15, -0.1) is 0 Å². The Hall–Kier alpha value is -2.07. The molecule has 0 aromatic carbocycles. The molecule has 2 atom stereocenters. The zero-order valence-corrected chi connectivity index (χ0v) is 10.8. The fraction of sp³-hybridized carbons (Fsp3) is 0.417. The first-order valence-electron chi connectivity index (χ1n) is 5.90. The first-order chi connectivity index (χ1) is 9.90. The molecule has 0 aliphatic heterocycles. The van der Waals surface area contributed by atoms with Crippen LogP contribution in [0.25, 0.3) is 0 Å². The molecule has 0 aliphatic rings. The van der Waals surface area contributed by atoms with Crippen LogP contribution in [0.15, 0.2) is 12.4 Å². The van der Waals surface area contributed by atoms with E-state index in [0.717, 1.165) is 12.4 Å². The summed E-state index contributed by atoms with van der Waals surface area (Å²) in [4.78, 5) is 41.6. The van der Waals surface area contributed by atoms with Gasteiger partial charge in [0.15, 0.2) is 5.78 Å². The van der Waals surface area contributed by atoms with E-state index in [4.69, 9.17) is 20.4 Å². The summed E-state index contributed by atoms with van der Waals surface area (Å²) in [5, 5.41) is 35.3. The van der Waals surface area contributed by atoms with Gasteiger partial charge in [0.2, 0.25) is 5.78 Å². The van der Waals surface area contributed by atoms with Crippen molar-refractivity contribution in [2.24, 2.45) is 0 Å². The Bertz CT molecular complexity index is 529. The number of rotatable bonds is 8. The van der Waals surface area contributed by atoms with Crippen molar-refractivity contribution in [3.05, 3.63) is 23.8 Å². The summed E-state index contributed by atoms with van der Waals surface area (Å²) >= 11 is 0. The van der Waals surface area contributed by atoms with Crippen LogP contribution < -0.4 is 0 Å². The molecule has 1 rings (SSSR count). The predicted molar refractivity (Wildman–Crippen MR) is 66.3 cm³/mol. The highest BCUT2D eigenvalue weighted by molar-refractivity contribution is 6.44. The number of ketones is 3. The lowest BCUT2D eigenvalue weighted by Crippen LogP contribution is -2.32. The van der Waals surface area contributed by atoms with Crippen LogP contribution in [0.3, 0.4) is 0 Å². The third-order valence-electron chi connectivity index (χ3n) is 2.54. The van der Waals surface area contributed by atoms with Crippen molar-refractivity contribution in [2.75, 3.05) is 13.2 Å². The average molecular weight is 298 g/mol. The lowest BCUT2D eigenvalue weighted by atomic mass is 10.1. The molecule has 0 saturated carbocycles. The van der Waals surface area contributed by atoms with Gasteiger partial charge < -0.3 is 20.4 Å². The Morgan fingerprint density at radius 2 is 1.62 bits per heavy atom. The highest BCUT2D eigenvalue weighted by Crippen LogP contribution is 2.02. The zero-order chi connectivity index (χ0) is 16.0. The first kappa shape index (κ1) is 17.0. The van der Waals surface area contributed by atoms with Crippen LogP contribution in [0.4, 0.5) is 0 Å². The van der Waals surface area contributed by atoms with Crippen molar-refractivity contribution >= 4 is 17.3 Å². The third-order valence-corrected chi connectivity index (χ3v) is 2.54. The van der Waals surface area contributed by atoms with Gasteiger partial charge in [-0.3, -0.25) is 19.4 Å². The van der Waals surface area contributed by atoms with E-state index in [1.807, 2.05) is 0 Å². The van der Waals surface area contributed by atoms with Crippen molar-refractivity contribution in [1.82, 2.24) is 9.97 Å². The summed E-state index contributed by atoms with van der Waals surface area (Å²) in [7, 11) is 0. The smallest absolute Gasteiger partial charge is 0.251 e. The topological polar surface area (TPSA) is 158 Å². The number of hydrogen-bond acceptors (Lipinski definition) is 9. The summed E-state index contributed by atoms with van der Waals surface area (Å²) in [6, 6.07) is 0. The molecule has 1 aromatic rings. The van der Waals surface area contributed by atoms with Gasteiger partial charge in [-0.05, 0) is 0 Å². The van der Waals surface area contributed by atoms with Crippen molar-refractivity contribution in [1.29, 1.82) is 0 Å². The van der Waals surface area contributed by atoms with E-state index in [1.165, 1.54) is 0 Å². The molecule has 4 N–H and O–H groups in total. The molecule has 1 aromatic heterocycles. The molecule has 9 heteroatoms. The second-order valence-corrected chi connectivity index (χ2v) is 4.13. The summed E-state index contributed by atoms with van der Waals surface area (Å²) in [6.07, 6.45) is -1.63. The van der Waals surface area contributed by atoms with Gasteiger partial charge in [-0.2, -0.15) is 0 Å². The Labute approximate surface area is 118 Å². The standard InChI is InChI=1S/C12H14N2O7/c15-4-9(18)8(17)1-6-2-14-7(3-13-6)11(20)12(21)10(19)5-16/h2-3,9-10,15-16,18-19H,1,4-5H2. The minimum atomic E-state index is -1.82. The largest absolute Gasteiger partial charge is 0.393 e. The molecule has 1 heterocycles. The molecule has 9 nitrogen and oxygen atoms in total. The average Bonchev–Trinajstić information content (AvgIpc) is 2.52. The minimum absolute atomic E-state index is 0.138. The second-order valence-electron chi connectivity index (χ2n) is 4.13. The quantitative estimate of drug-likeness (QED) is 0.291. The number of aliphatic hydroxyl groups is 4. The molecule has 114 valence electrons. The molecule has 0 saturated heterocycles. The molecule has 0 radical (unpaired) electrons.